The van der Waals surface area contributed by atoms with Crippen LogP contribution in [0.4, 0.5) is 0 Å². The zero-order valence-electron chi connectivity index (χ0n) is 11.7. The number of carbonyl (C=O) groups is 1. The van der Waals surface area contributed by atoms with E-state index in [-0.39, 0.29) is 0 Å². The molecule has 0 saturated carbocycles. The van der Waals surface area contributed by atoms with Gasteiger partial charge in [0.25, 0.3) is 0 Å². The highest BCUT2D eigenvalue weighted by molar-refractivity contribution is 5.66. The number of nitrogens with zero attached hydrogens (tertiary/aromatic N) is 1. The molecule has 0 aromatic rings. The van der Waals surface area contributed by atoms with Gasteiger partial charge in [-0.2, -0.15) is 0 Å². The van der Waals surface area contributed by atoms with Gasteiger partial charge in [-0.15, -0.1) is 0 Å². The summed E-state index contributed by atoms with van der Waals surface area (Å²) in [5, 5.41) is 8.61. The first-order valence-electron chi connectivity index (χ1n) is 6.73. The van der Waals surface area contributed by atoms with Crippen LogP contribution in [0.5, 0.6) is 0 Å². The summed E-state index contributed by atoms with van der Waals surface area (Å²) in [6.07, 6.45) is 2.25. The van der Waals surface area contributed by atoms with E-state index in [4.69, 9.17) is 5.11 Å². The lowest BCUT2D eigenvalue weighted by atomic mass is 9.76. The SMILES string of the molecule is CC(CCC(=O)O)CCN1CC(C(C)(C)C)C1. The van der Waals surface area contributed by atoms with Crippen molar-refractivity contribution in [2.24, 2.45) is 17.3 Å². The number of likely N-dealkylation sites (tertiary alicyclic amines) is 1. The maximum atomic E-state index is 10.5. The zero-order valence-corrected chi connectivity index (χ0v) is 11.7. The molecular formula is C14H27NO2. The predicted molar refractivity (Wildman–Crippen MR) is 70.0 cm³/mol. The lowest BCUT2D eigenvalue weighted by Crippen LogP contribution is -2.52. The van der Waals surface area contributed by atoms with Gasteiger partial charge in [-0.3, -0.25) is 4.79 Å². The van der Waals surface area contributed by atoms with Crippen LogP contribution in [0.15, 0.2) is 0 Å². The average molecular weight is 241 g/mol. The Morgan fingerprint density at radius 2 is 1.94 bits per heavy atom. The molecule has 1 atom stereocenters. The summed E-state index contributed by atoms with van der Waals surface area (Å²) >= 11 is 0. The van der Waals surface area contributed by atoms with Crippen molar-refractivity contribution < 1.29 is 9.90 Å². The number of rotatable bonds is 6. The molecule has 1 rings (SSSR count). The number of hydrogen-bond donors (Lipinski definition) is 1. The maximum Gasteiger partial charge on any atom is 0.303 e. The summed E-state index contributed by atoms with van der Waals surface area (Å²) in [4.78, 5) is 12.9. The summed E-state index contributed by atoms with van der Waals surface area (Å²) in [7, 11) is 0. The number of carboxylic acids is 1. The smallest absolute Gasteiger partial charge is 0.303 e. The number of carboxylic acid groups (broad SMARTS) is 1. The van der Waals surface area contributed by atoms with Crippen LogP contribution >= 0.6 is 0 Å². The molecule has 1 aliphatic heterocycles. The highest BCUT2D eigenvalue weighted by atomic mass is 16.4. The van der Waals surface area contributed by atoms with Crippen molar-refractivity contribution in [2.45, 2.75) is 47.0 Å². The fourth-order valence-corrected chi connectivity index (χ4v) is 2.22. The molecule has 1 fully saturated rings. The molecule has 100 valence electrons. The van der Waals surface area contributed by atoms with Gasteiger partial charge in [-0.25, -0.2) is 0 Å². The van der Waals surface area contributed by atoms with Crippen LogP contribution in [0.2, 0.25) is 0 Å². The van der Waals surface area contributed by atoms with Crippen LogP contribution in [0, 0.1) is 17.3 Å². The van der Waals surface area contributed by atoms with Crippen molar-refractivity contribution >= 4 is 5.97 Å². The molecule has 0 aromatic heterocycles. The minimum Gasteiger partial charge on any atom is -0.481 e. The summed E-state index contributed by atoms with van der Waals surface area (Å²) in [5.41, 5.74) is 0.436. The Morgan fingerprint density at radius 3 is 2.41 bits per heavy atom. The van der Waals surface area contributed by atoms with Crippen LogP contribution in [-0.4, -0.2) is 35.6 Å². The van der Waals surface area contributed by atoms with Crippen LogP contribution in [0.1, 0.15) is 47.0 Å². The topological polar surface area (TPSA) is 40.5 Å². The minimum absolute atomic E-state index is 0.311. The Balaban J connectivity index is 2.07. The quantitative estimate of drug-likeness (QED) is 0.777. The normalized spacial score (nSPS) is 20.0. The van der Waals surface area contributed by atoms with Crippen LogP contribution in [0.3, 0.4) is 0 Å². The van der Waals surface area contributed by atoms with Gasteiger partial charge in [0, 0.05) is 19.5 Å². The van der Waals surface area contributed by atoms with E-state index < -0.39 is 5.97 Å². The molecule has 1 aliphatic rings. The number of aliphatic carboxylic acids is 1. The minimum atomic E-state index is -0.673. The van der Waals surface area contributed by atoms with Gasteiger partial charge >= 0.3 is 5.97 Å². The Kier molecular flexibility index (Phi) is 4.99. The van der Waals surface area contributed by atoms with Crippen molar-refractivity contribution in [1.29, 1.82) is 0 Å². The van der Waals surface area contributed by atoms with Crippen molar-refractivity contribution in [2.75, 3.05) is 19.6 Å². The van der Waals surface area contributed by atoms with E-state index in [9.17, 15) is 4.79 Å². The summed E-state index contributed by atoms with van der Waals surface area (Å²) in [5.74, 6) is 0.685. The maximum absolute atomic E-state index is 10.5. The number of hydrogen-bond acceptors (Lipinski definition) is 2. The van der Waals surface area contributed by atoms with E-state index in [1.807, 2.05) is 0 Å². The van der Waals surface area contributed by atoms with Crippen LogP contribution < -0.4 is 0 Å². The Morgan fingerprint density at radius 1 is 1.35 bits per heavy atom. The van der Waals surface area contributed by atoms with Crippen molar-refractivity contribution in [3.8, 4) is 0 Å². The average Bonchev–Trinajstić information content (AvgIpc) is 2.09. The standard InChI is InChI=1S/C14H27NO2/c1-11(5-6-13(16)17)7-8-15-9-12(10-15)14(2,3)4/h11-12H,5-10H2,1-4H3,(H,16,17). The van der Waals surface area contributed by atoms with E-state index in [2.05, 4.69) is 32.6 Å². The van der Waals surface area contributed by atoms with Crippen molar-refractivity contribution in [1.82, 2.24) is 4.90 Å². The molecule has 0 amide bonds. The largest absolute Gasteiger partial charge is 0.481 e. The van der Waals surface area contributed by atoms with Gasteiger partial charge in [0.2, 0.25) is 0 Å². The zero-order chi connectivity index (χ0) is 13.1. The van der Waals surface area contributed by atoms with Gasteiger partial charge < -0.3 is 10.0 Å². The molecular weight excluding hydrogens is 214 g/mol. The van der Waals surface area contributed by atoms with Gasteiger partial charge in [0.15, 0.2) is 0 Å². The molecule has 3 heteroatoms. The highest BCUT2D eigenvalue weighted by Crippen LogP contribution is 2.33. The Hall–Kier alpha value is -0.570. The van der Waals surface area contributed by atoms with Crippen LogP contribution in [-0.2, 0) is 4.79 Å². The lowest BCUT2D eigenvalue weighted by Gasteiger charge is -2.46. The van der Waals surface area contributed by atoms with Gasteiger partial charge in [0.1, 0.15) is 0 Å². The van der Waals surface area contributed by atoms with E-state index >= 15 is 0 Å². The van der Waals surface area contributed by atoms with Crippen LogP contribution in [0.25, 0.3) is 0 Å². The molecule has 0 aliphatic carbocycles. The first kappa shape index (κ1) is 14.5. The first-order chi connectivity index (χ1) is 7.79. The third-order valence-electron chi connectivity index (χ3n) is 3.97. The third-order valence-corrected chi connectivity index (χ3v) is 3.97. The van der Waals surface area contributed by atoms with Crippen molar-refractivity contribution in [3.63, 3.8) is 0 Å². The fourth-order valence-electron chi connectivity index (χ4n) is 2.22. The van der Waals surface area contributed by atoms with E-state index in [0.717, 1.165) is 25.3 Å². The first-order valence-corrected chi connectivity index (χ1v) is 6.73. The second-order valence-corrected chi connectivity index (χ2v) is 6.65. The highest BCUT2D eigenvalue weighted by Gasteiger charge is 2.35. The Labute approximate surface area is 105 Å². The molecule has 1 saturated heterocycles. The summed E-state index contributed by atoms with van der Waals surface area (Å²) in [6.45, 7) is 12.7. The molecule has 0 aromatic carbocycles. The van der Waals surface area contributed by atoms with Crippen molar-refractivity contribution in [3.05, 3.63) is 0 Å². The fraction of sp³-hybridized carbons (Fsp3) is 0.929. The van der Waals surface area contributed by atoms with E-state index in [1.54, 1.807) is 0 Å². The van der Waals surface area contributed by atoms with E-state index in [1.165, 1.54) is 13.1 Å². The van der Waals surface area contributed by atoms with Gasteiger partial charge in [-0.1, -0.05) is 27.7 Å². The van der Waals surface area contributed by atoms with Gasteiger partial charge in [-0.05, 0) is 36.6 Å². The molecule has 0 radical (unpaired) electrons. The summed E-state index contributed by atoms with van der Waals surface area (Å²) < 4.78 is 0. The van der Waals surface area contributed by atoms with Gasteiger partial charge in [0.05, 0.1) is 0 Å². The summed E-state index contributed by atoms with van der Waals surface area (Å²) in [6, 6.07) is 0. The lowest BCUT2D eigenvalue weighted by molar-refractivity contribution is -0.137. The molecule has 0 spiro atoms. The molecule has 1 N–H and O–H groups in total. The third kappa shape index (κ3) is 5.07. The molecule has 0 bridgehead atoms. The molecule has 1 heterocycles. The van der Waals surface area contributed by atoms with E-state index in [0.29, 0.717) is 17.8 Å². The monoisotopic (exact) mass is 241 g/mol. The second kappa shape index (κ2) is 5.85. The predicted octanol–water partition coefficient (Wildman–Crippen LogP) is 2.86. The molecule has 17 heavy (non-hydrogen) atoms. The molecule has 1 unspecified atom stereocenters. The second-order valence-electron chi connectivity index (χ2n) is 6.65. The molecule has 3 nitrogen and oxygen atoms in total. The Bertz CT molecular complexity index is 251.